The Morgan fingerprint density at radius 1 is 1.35 bits per heavy atom. The predicted octanol–water partition coefficient (Wildman–Crippen LogP) is 1.75. The van der Waals surface area contributed by atoms with Gasteiger partial charge in [-0.3, -0.25) is 9.59 Å². The van der Waals surface area contributed by atoms with Crippen molar-refractivity contribution < 1.29 is 24.5 Å². The number of methoxy groups -OCH3 is 1. The third-order valence-electron chi connectivity index (χ3n) is 4.97. The molecule has 0 saturated heterocycles. The van der Waals surface area contributed by atoms with Crippen molar-refractivity contribution >= 4 is 23.5 Å². The Bertz CT molecular complexity index is 655. The minimum absolute atomic E-state index is 0.0252. The lowest BCUT2D eigenvalue weighted by Crippen LogP contribution is -2.70. The van der Waals surface area contributed by atoms with Crippen molar-refractivity contribution in [1.29, 1.82) is 0 Å². The number of ether oxygens (including phenoxy) is 1. The van der Waals surface area contributed by atoms with Gasteiger partial charge in [-0.15, -0.1) is 0 Å². The number of aliphatic carboxylic acids is 1. The van der Waals surface area contributed by atoms with Crippen LogP contribution >= 0.6 is 11.6 Å². The summed E-state index contributed by atoms with van der Waals surface area (Å²) in [6, 6.07) is 4.90. The Balaban J connectivity index is 1.58. The average molecular weight is 340 g/mol. The second-order valence-electron chi connectivity index (χ2n) is 6.51. The van der Waals surface area contributed by atoms with E-state index < -0.39 is 22.9 Å². The molecule has 1 aromatic rings. The minimum atomic E-state index is -0.951. The quantitative estimate of drug-likeness (QED) is 0.734. The highest BCUT2D eigenvalue weighted by Crippen LogP contribution is 2.73. The van der Waals surface area contributed by atoms with Gasteiger partial charge in [-0.05, 0) is 37.5 Å². The molecule has 3 aliphatic rings. The van der Waals surface area contributed by atoms with Crippen LogP contribution in [0.5, 0.6) is 5.75 Å². The molecular weight excluding hydrogens is 322 g/mol. The summed E-state index contributed by atoms with van der Waals surface area (Å²) in [5.74, 6) is -0.525. The summed E-state index contributed by atoms with van der Waals surface area (Å²) in [4.78, 5) is 23.3. The van der Waals surface area contributed by atoms with E-state index in [4.69, 9.17) is 21.4 Å². The van der Waals surface area contributed by atoms with E-state index in [9.17, 15) is 14.7 Å². The van der Waals surface area contributed by atoms with E-state index in [1.165, 1.54) is 7.11 Å². The third kappa shape index (κ3) is 2.46. The Morgan fingerprint density at radius 3 is 2.57 bits per heavy atom. The summed E-state index contributed by atoms with van der Waals surface area (Å²) in [5, 5.41) is 22.5. The molecule has 1 aromatic carbocycles. The van der Waals surface area contributed by atoms with Crippen molar-refractivity contribution in [3.05, 3.63) is 28.8 Å². The predicted molar refractivity (Wildman–Crippen MR) is 82.3 cm³/mol. The number of benzene rings is 1. The van der Waals surface area contributed by atoms with Gasteiger partial charge in [-0.25, -0.2) is 0 Å². The van der Waals surface area contributed by atoms with Crippen LogP contribution in [0.15, 0.2) is 18.2 Å². The second-order valence-corrected chi connectivity index (χ2v) is 6.94. The maximum Gasteiger partial charge on any atom is 0.309 e. The Kier molecular flexibility index (Phi) is 3.77. The second kappa shape index (κ2) is 5.39. The molecule has 0 heterocycles. The van der Waals surface area contributed by atoms with Gasteiger partial charge in [-0.1, -0.05) is 11.6 Å². The number of halogens is 1. The van der Waals surface area contributed by atoms with Gasteiger partial charge in [-0.2, -0.15) is 0 Å². The fourth-order valence-corrected chi connectivity index (χ4v) is 3.89. The maximum absolute atomic E-state index is 12.2. The van der Waals surface area contributed by atoms with Gasteiger partial charge >= 0.3 is 5.97 Å². The van der Waals surface area contributed by atoms with Crippen molar-refractivity contribution in [2.45, 2.75) is 25.4 Å². The first kappa shape index (κ1) is 16.1. The summed E-state index contributed by atoms with van der Waals surface area (Å²) in [6.07, 6.45) is 0.209. The number of rotatable bonds is 6. The zero-order valence-electron chi connectivity index (χ0n) is 12.6. The molecule has 0 aliphatic heterocycles. The van der Waals surface area contributed by atoms with Crippen LogP contribution in [0, 0.1) is 10.8 Å². The molecule has 1 amide bonds. The van der Waals surface area contributed by atoms with Gasteiger partial charge in [0.15, 0.2) is 0 Å². The molecular formula is C16H18ClNO5. The van der Waals surface area contributed by atoms with Crippen molar-refractivity contribution in [3.8, 4) is 5.75 Å². The van der Waals surface area contributed by atoms with E-state index in [1.807, 2.05) is 0 Å². The summed E-state index contributed by atoms with van der Waals surface area (Å²) < 4.78 is 5.18. The summed E-state index contributed by atoms with van der Waals surface area (Å²) in [7, 11) is 1.49. The molecule has 4 rings (SSSR count). The van der Waals surface area contributed by atoms with E-state index >= 15 is 0 Å². The van der Waals surface area contributed by atoms with Crippen LogP contribution in [0.4, 0.5) is 0 Å². The maximum atomic E-state index is 12.2. The highest BCUT2D eigenvalue weighted by Gasteiger charge is 2.75. The number of amides is 1. The topological polar surface area (TPSA) is 95.9 Å². The number of hydrogen-bond acceptors (Lipinski definition) is 4. The van der Waals surface area contributed by atoms with Gasteiger partial charge in [0.05, 0.1) is 24.0 Å². The zero-order valence-corrected chi connectivity index (χ0v) is 13.4. The lowest BCUT2D eigenvalue weighted by atomic mass is 9.35. The fraction of sp³-hybridized carbons (Fsp3) is 0.500. The molecule has 3 N–H and O–H groups in total. The van der Waals surface area contributed by atoms with E-state index in [-0.39, 0.29) is 12.5 Å². The van der Waals surface area contributed by atoms with Crippen molar-refractivity contribution in [2.75, 3.05) is 13.7 Å². The zero-order chi connectivity index (χ0) is 16.8. The smallest absolute Gasteiger partial charge is 0.309 e. The first-order chi connectivity index (χ1) is 10.8. The van der Waals surface area contributed by atoms with Crippen molar-refractivity contribution in [2.24, 2.45) is 10.8 Å². The molecule has 23 heavy (non-hydrogen) atoms. The molecule has 3 aliphatic carbocycles. The number of aliphatic hydroxyl groups excluding tert-OH is 1. The molecule has 0 radical (unpaired) electrons. The van der Waals surface area contributed by atoms with E-state index in [2.05, 4.69) is 5.32 Å². The first-order valence-corrected chi connectivity index (χ1v) is 7.73. The Hall–Kier alpha value is -1.79. The minimum Gasteiger partial charge on any atom is -0.496 e. The van der Waals surface area contributed by atoms with Gasteiger partial charge in [0, 0.05) is 17.1 Å². The molecule has 6 nitrogen and oxygen atoms in total. The third-order valence-corrected chi connectivity index (χ3v) is 5.21. The van der Waals surface area contributed by atoms with E-state index in [1.54, 1.807) is 18.2 Å². The Morgan fingerprint density at radius 2 is 2.00 bits per heavy atom. The highest BCUT2D eigenvalue weighted by atomic mass is 35.5. The van der Waals surface area contributed by atoms with Crippen LogP contribution in [-0.4, -0.2) is 35.7 Å². The summed E-state index contributed by atoms with van der Waals surface area (Å²) >= 11 is 5.93. The fourth-order valence-electron chi connectivity index (χ4n) is 3.71. The number of carboxylic acids is 1. The van der Waals surface area contributed by atoms with Crippen LogP contribution < -0.4 is 10.1 Å². The number of carbonyl (C=O) groups excluding carboxylic acids is 1. The molecule has 1 unspecified atom stereocenters. The molecule has 7 heteroatoms. The molecule has 3 fully saturated rings. The van der Waals surface area contributed by atoms with Gasteiger partial charge < -0.3 is 20.3 Å². The van der Waals surface area contributed by atoms with E-state index in [0.717, 1.165) is 0 Å². The van der Waals surface area contributed by atoms with Gasteiger partial charge in [0.1, 0.15) is 5.75 Å². The van der Waals surface area contributed by atoms with Crippen LogP contribution in [0.25, 0.3) is 0 Å². The average Bonchev–Trinajstić information content (AvgIpc) is 2.41. The monoisotopic (exact) mass is 339 g/mol. The molecule has 3 saturated carbocycles. The lowest BCUT2D eigenvalue weighted by Gasteiger charge is -2.66. The first-order valence-electron chi connectivity index (χ1n) is 7.35. The largest absolute Gasteiger partial charge is 0.496 e. The summed E-state index contributed by atoms with van der Waals surface area (Å²) in [5.41, 5.74) is -0.747. The van der Waals surface area contributed by atoms with Crippen LogP contribution in [-0.2, 0) is 9.59 Å². The standard InChI is InChI=1S/C16H18ClNO5/c1-23-12-3-2-9(17)4-10(12)11(19)5-18-13(20)15-6-16(7-15,8-15)14(21)22/h2-4,11,19H,5-8H2,1H3,(H,18,20)(H,21,22). The van der Waals surface area contributed by atoms with Crippen molar-refractivity contribution in [1.82, 2.24) is 5.32 Å². The molecule has 0 spiro atoms. The number of hydrogen-bond donors (Lipinski definition) is 3. The molecule has 124 valence electrons. The Labute approximate surface area is 138 Å². The van der Waals surface area contributed by atoms with Crippen LogP contribution in [0.2, 0.25) is 5.02 Å². The molecule has 1 atom stereocenters. The molecule has 2 bridgehead atoms. The number of nitrogens with one attached hydrogen (secondary N) is 1. The number of carboxylic acid groups (broad SMARTS) is 1. The van der Waals surface area contributed by atoms with Crippen LogP contribution in [0.3, 0.4) is 0 Å². The normalized spacial score (nSPS) is 29.0. The van der Waals surface area contributed by atoms with Crippen LogP contribution in [0.1, 0.15) is 30.9 Å². The lowest BCUT2D eigenvalue weighted by molar-refractivity contribution is -0.220. The number of carbonyl (C=O) groups is 2. The van der Waals surface area contributed by atoms with Gasteiger partial charge in [0.25, 0.3) is 0 Å². The summed E-state index contributed by atoms with van der Waals surface area (Å²) in [6.45, 7) is 0.0252. The SMILES string of the molecule is COc1ccc(Cl)cc1C(O)CNC(=O)C12CC(C(=O)O)(C1)C2. The van der Waals surface area contributed by atoms with Gasteiger partial charge in [0.2, 0.25) is 5.91 Å². The van der Waals surface area contributed by atoms with E-state index in [0.29, 0.717) is 35.6 Å². The number of aliphatic hydroxyl groups is 1. The molecule has 0 aromatic heterocycles. The van der Waals surface area contributed by atoms with Crippen molar-refractivity contribution in [3.63, 3.8) is 0 Å². The highest BCUT2D eigenvalue weighted by molar-refractivity contribution is 6.30.